The molecule has 3 heterocycles. The van der Waals surface area contributed by atoms with Crippen molar-refractivity contribution in [1.82, 2.24) is 25.5 Å². The minimum Gasteiger partial charge on any atom is -0.337 e. The van der Waals surface area contributed by atoms with Crippen LogP contribution in [0.4, 0.5) is 5.95 Å². The molecule has 0 bridgehead atoms. The second-order valence-corrected chi connectivity index (χ2v) is 4.88. The number of rotatable bonds is 2. The smallest absolute Gasteiger partial charge is 0.245 e. The third-order valence-corrected chi connectivity index (χ3v) is 3.39. The predicted molar refractivity (Wildman–Crippen MR) is 67.2 cm³/mol. The van der Waals surface area contributed by atoms with Crippen LogP contribution in [0.15, 0.2) is 10.9 Å². The van der Waals surface area contributed by atoms with Crippen molar-refractivity contribution in [3.63, 3.8) is 0 Å². The van der Waals surface area contributed by atoms with Crippen LogP contribution in [-0.4, -0.2) is 45.8 Å². The highest BCUT2D eigenvalue weighted by Gasteiger charge is 2.19. The Kier molecular flexibility index (Phi) is 2.77. The number of anilines is 1. The molecule has 0 amide bonds. The zero-order valence-electron chi connectivity index (χ0n) is 9.55. The molecule has 7 heteroatoms. The van der Waals surface area contributed by atoms with E-state index < -0.39 is 0 Å². The Morgan fingerprint density at radius 1 is 1.53 bits per heavy atom. The Morgan fingerprint density at radius 3 is 3.24 bits per heavy atom. The maximum Gasteiger partial charge on any atom is 0.245 e. The lowest BCUT2D eigenvalue weighted by Crippen LogP contribution is -2.49. The first kappa shape index (κ1) is 10.7. The van der Waals surface area contributed by atoms with E-state index in [0.717, 1.165) is 37.1 Å². The Balaban J connectivity index is 1.80. The average Bonchev–Trinajstić information content (AvgIpc) is 3.00. The quantitative estimate of drug-likeness (QED) is 0.822. The van der Waals surface area contributed by atoms with Gasteiger partial charge in [0.25, 0.3) is 0 Å². The fourth-order valence-electron chi connectivity index (χ4n) is 1.95. The number of nitrogens with one attached hydrogen (secondary N) is 2. The molecule has 6 nitrogen and oxygen atoms in total. The highest BCUT2D eigenvalue weighted by molar-refractivity contribution is 7.07. The van der Waals surface area contributed by atoms with Crippen LogP contribution in [-0.2, 0) is 0 Å². The van der Waals surface area contributed by atoms with Crippen molar-refractivity contribution in [2.45, 2.75) is 13.0 Å². The molecule has 0 spiro atoms. The van der Waals surface area contributed by atoms with Crippen molar-refractivity contribution < 1.29 is 0 Å². The maximum atomic E-state index is 4.49. The van der Waals surface area contributed by atoms with Crippen LogP contribution in [0.1, 0.15) is 6.92 Å². The van der Waals surface area contributed by atoms with Gasteiger partial charge in [-0.2, -0.15) is 4.98 Å². The first-order valence-electron chi connectivity index (χ1n) is 5.62. The van der Waals surface area contributed by atoms with Gasteiger partial charge in [-0.1, -0.05) is 0 Å². The molecule has 2 aromatic rings. The molecular weight excluding hydrogens is 236 g/mol. The van der Waals surface area contributed by atoms with Gasteiger partial charge in [-0.15, -0.1) is 16.4 Å². The van der Waals surface area contributed by atoms with Gasteiger partial charge in [0, 0.05) is 31.1 Å². The molecule has 2 N–H and O–H groups in total. The molecule has 0 unspecified atom stereocenters. The van der Waals surface area contributed by atoms with Crippen LogP contribution in [0.25, 0.3) is 11.5 Å². The number of hydrogen-bond donors (Lipinski definition) is 2. The van der Waals surface area contributed by atoms with Gasteiger partial charge in [-0.3, -0.25) is 5.10 Å². The second kappa shape index (κ2) is 4.42. The van der Waals surface area contributed by atoms with Crippen LogP contribution < -0.4 is 10.2 Å². The summed E-state index contributed by atoms with van der Waals surface area (Å²) in [6.07, 6.45) is 0. The molecule has 0 aromatic carbocycles. The third kappa shape index (κ3) is 2.16. The number of nitrogens with zero attached hydrogens (tertiary/aromatic N) is 4. The number of thiazole rings is 1. The molecule has 90 valence electrons. The van der Waals surface area contributed by atoms with E-state index in [0.29, 0.717) is 6.04 Å². The number of aromatic amines is 1. The molecule has 17 heavy (non-hydrogen) atoms. The third-order valence-electron chi connectivity index (χ3n) is 2.80. The van der Waals surface area contributed by atoms with Crippen molar-refractivity contribution in [2.24, 2.45) is 0 Å². The molecule has 1 aliphatic heterocycles. The van der Waals surface area contributed by atoms with Gasteiger partial charge >= 0.3 is 0 Å². The summed E-state index contributed by atoms with van der Waals surface area (Å²) in [5.41, 5.74) is 2.65. The Morgan fingerprint density at radius 2 is 2.47 bits per heavy atom. The van der Waals surface area contributed by atoms with Crippen molar-refractivity contribution in [1.29, 1.82) is 0 Å². The van der Waals surface area contributed by atoms with Gasteiger partial charge in [0.2, 0.25) is 5.95 Å². The summed E-state index contributed by atoms with van der Waals surface area (Å²) >= 11 is 1.56. The molecular formula is C10H14N6S. The van der Waals surface area contributed by atoms with Gasteiger partial charge in [0.1, 0.15) is 5.69 Å². The highest BCUT2D eigenvalue weighted by atomic mass is 32.1. The van der Waals surface area contributed by atoms with E-state index in [1.165, 1.54) is 0 Å². The molecule has 1 saturated heterocycles. The fraction of sp³-hybridized carbons (Fsp3) is 0.500. The lowest BCUT2D eigenvalue weighted by atomic mass is 10.2. The largest absolute Gasteiger partial charge is 0.337 e. The Labute approximate surface area is 103 Å². The predicted octanol–water partition coefficient (Wildman–Crippen LogP) is 0.726. The van der Waals surface area contributed by atoms with Gasteiger partial charge in [-0.05, 0) is 6.92 Å². The molecule has 1 fully saturated rings. The summed E-state index contributed by atoms with van der Waals surface area (Å²) in [7, 11) is 0. The molecule has 2 aromatic heterocycles. The van der Waals surface area contributed by atoms with Gasteiger partial charge in [0.05, 0.1) is 5.51 Å². The first-order valence-corrected chi connectivity index (χ1v) is 6.56. The van der Waals surface area contributed by atoms with E-state index in [1.54, 1.807) is 16.8 Å². The lowest BCUT2D eigenvalue weighted by molar-refractivity contribution is 0.480. The minimum absolute atomic E-state index is 0.477. The summed E-state index contributed by atoms with van der Waals surface area (Å²) in [6.45, 7) is 5.02. The Bertz CT molecular complexity index is 479. The van der Waals surface area contributed by atoms with Crippen molar-refractivity contribution >= 4 is 17.3 Å². The van der Waals surface area contributed by atoms with Gasteiger partial charge in [-0.25, -0.2) is 4.98 Å². The normalized spacial score (nSPS) is 20.8. The summed E-state index contributed by atoms with van der Waals surface area (Å²) in [4.78, 5) is 10.9. The van der Waals surface area contributed by atoms with E-state index in [9.17, 15) is 0 Å². The number of hydrogen-bond acceptors (Lipinski definition) is 6. The summed E-state index contributed by atoms with van der Waals surface area (Å²) in [5, 5.41) is 12.6. The SMILES string of the molecule is C[C@@H]1CN(c2n[nH]c(-c3cscn3)n2)CCN1. The summed E-state index contributed by atoms with van der Waals surface area (Å²) < 4.78 is 0. The van der Waals surface area contributed by atoms with E-state index in [2.05, 4.69) is 37.3 Å². The van der Waals surface area contributed by atoms with Crippen molar-refractivity contribution in [2.75, 3.05) is 24.5 Å². The van der Waals surface area contributed by atoms with Crippen LogP contribution >= 0.6 is 11.3 Å². The molecule has 3 rings (SSSR count). The molecule has 0 aliphatic carbocycles. The summed E-state index contributed by atoms with van der Waals surface area (Å²) in [6, 6.07) is 0.477. The molecule has 1 atom stereocenters. The van der Waals surface area contributed by atoms with Crippen molar-refractivity contribution in [3.8, 4) is 11.5 Å². The monoisotopic (exact) mass is 250 g/mol. The highest BCUT2D eigenvalue weighted by Crippen LogP contribution is 2.17. The van der Waals surface area contributed by atoms with E-state index in [4.69, 9.17) is 0 Å². The van der Waals surface area contributed by atoms with Gasteiger partial charge < -0.3 is 10.2 Å². The van der Waals surface area contributed by atoms with Gasteiger partial charge in [0.15, 0.2) is 5.82 Å². The lowest BCUT2D eigenvalue weighted by Gasteiger charge is -2.30. The average molecular weight is 250 g/mol. The zero-order chi connectivity index (χ0) is 11.7. The number of piperazine rings is 1. The van der Waals surface area contributed by atoms with Crippen molar-refractivity contribution in [3.05, 3.63) is 10.9 Å². The first-order chi connectivity index (χ1) is 8.33. The van der Waals surface area contributed by atoms with Crippen LogP contribution in [0.3, 0.4) is 0 Å². The van der Waals surface area contributed by atoms with E-state index in [1.807, 2.05) is 5.38 Å². The van der Waals surface area contributed by atoms with Crippen LogP contribution in [0.2, 0.25) is 0 Å². The van der Waals surface area contributed by atoms with Crippen LogP contribution in [0.5, 0.6) is 0 Å². The standard InChI is InChI=1S/C10H14N6S/c1-7-4-16(3-2-11-7)10-13-9(14-15-10)8-5-17-6-12-8/h5-7,11H,2-4H2,1H3,(H,13,14,15)/t7-/m1/s1. The fourth-order valence-corrected chi connectivity index (χ4v) is 2.49. The number of H-pyrrole nitrogens is 1. The zero-order valence-corrected chi connectivity index (χ0v) is 10.4. The maximum absolute atomic E-state index is 4.49. The molecule has 0 radical (unpaired) electrons. The summed E-state index contributed by atoms with van der Waals surface area (Å²) in [5.74, 6) is 1.51. The van der Waals surface area contributed by atoms with E-state index in [-0.39, 0.29) is 0 Å². The molecule has 1 aliphatic rings. The molecule has 0 saturated carbocycles. The Hall–Kier alpha value is -1.47. The number of aromatic nitrogens is 4. The second-order valence-electron chi connectivity index (χ2n) is 4.16. The van der Waals surface area contributed by atoms with E-state index >= 15 is 0 Å². The minimum atomic E-state index is 0.477. The van der Waals surface area contributed by atoms with Crippen LogP contribution in [0, 0.1) is 0 Å². The topological polar surface area (TPSA) is 69.7 Å².